The van der Waals surface area contributed by atoms with E-state index in [9.17, 15) is 29.2 Å². The molecule has 0 radical (unpaired) electrons. The Balaban J connectivity index is 1.69. The van der Waals surface area contributed by atoms with Crippen LogP contribution in [0.1, 0.15) is 26.3 Å². The maximum atomic E-state index is 13.0. The summed E-state index contributed by atoms with van der Waals surface area (Å²) < 4.78 is 13.0. The highest BCUT2D eigenvalue weighted by atomic mass is 35.5. The fraction of sp³-hybridized carbons (Fsp3) is 0. The lowest BCUT2D eigenvalue weighted by molar-refractivity contribution is -0.385. The Morgan fingerprint density at radius 1 is 1.06 bits per heavy atom. The average Bonchev–Trinajstić information content (AvgIpc) is 2.76. The van der Waals surface area contributed by atoms with Crippen molar-refractivity contribution in [2.75, 3.05) is 5.32 Å². The highest BCUT2D eigenvalue weighted by Crippen LogP contribution is 2.32. The number of carbonyl (C=O) groups is 2. The number of amides is 2. The van der Waals surface area contributed by atoms with Crippen molar-refractivity contribution in [1.82, 2.24) is 5.43 Å². The van der Waals surface area contributed by atoms with E-state index in [1.165, 1.54) is 36.4 Å². The van der Waals surface area contributed by atoms with E-state index in [4.69, 9.17) is 11.6 Å². The van der Waals surface area contributed by atoms with Crippen molar-refractivity contribution in [3.63, 3.8) is 0 Å². The van der Waals surface area contributed by atoms with E-state index in [-0.39, 0.29) is 21.7 Å². The van der Waals surface area contributed by atoms with Crippen molar-refractivity contribution in [2.24, 2.45) is 5.10 Å². The van der Waals surface area contributed by atoms with Crippen LogP contribution in [0.25, 0.3) is 0 Å². The quantitative estimate of drug-likeness (QED) is 0.291. The number of anilines is 1. The molecule has 11 heteroatoms. The summed E-state index contributed by atoms with van der Waals surface area (Å²) in [5, 5.41) is 27.1. The third kappa shape index (κ3) is 5.43. The van der Waals surface area contributed by atoms with E-state index in [0.717, 1.165) is 24.4 Å². The first-order valence-corrected chi connectivity index (χ1v) is 9.29. The Morgan fingerprint density at radius 3 is 2.47 bits per heavy atom. The number of carbonyl (C=O) groups excluding carboxylic acids is 2. The number of nitrogens with zero attached hydrogens (tertiary/aromatic N) is 2. The molecular weight excluding hydrogens is 443 g/mol. The van der Waals surface area contributed by atoms with Gasteiger partial charge >= 0.3 is 5.69 Å². The van der Waals surface area contributed by atoms with Gasteiger partial charge in [0, 0.05) is 33.5 Å². The number of halogens is 2. The van der Waals surface area contributed by atoms with E-state index < -0.39 is 34.0 Å². The van der Waals surface area contributed by atoms with Crippen molar-refractivity contribution >= 4 is 41.0 Å². The second-order valence-corrected chi connectivity index (χ2v) is 6.80. The third-order valence-corrected chi connectivity index (χ3v) is 4.36. The Hall–Kier alpha value is -4.31. The number of aromatic hydroxyl groups is 1. The molecule has 162 valence electrons. The molecule has 3 aromatic rings. The number of nitrogens with one attached hydrogen (secondary N) is 2. The summed E-state index contributed by atoms with van der Waals surface area (Å²) in [6.07, 6.45) is 1.01. The third-order valence-electron chi connectivity index (χ3n) is 4.14. The second-order valence-electron chi connectivity index (χ2n) is 6.36. The van der Waals surface area contributed by atoms with Crippen LogP contribution in [-0.2, 0) is 0 Å². The minimum absolute atomic E-state index is 0.00636. The lowest BCUT2D eigenvalue weighted by atomic mass is 10.1. The predicted molar refractivity (Wildman–Crippen MR) is 116 cm³/mol. The van der Waals surface area contributed by atoms with Crippen LogP contribution in [-0.4, -0.2) is 28.1 Å². The topological polar surface area (TPSA) is 134 Å². The monoisotopic (exact) mass is 456 g/mol. The number of phenolic OH excluding ortho intramolecular Hbond substituents is 1. The van der Waals surface area contributed by atoms with E-state index in [0.29, 0.717) is 5.69 Å². The predicted octanol–water partition coefficient (Wildman–Crippen LogP) is 4.11. The van der Waals surface area contributed by atoms with Crippen LogP contribution >= 0.6 is 11.6 Å². The number of hydrazone groups is 1. The van der Waals surface area contributed by atoms with Crippen molar-refractivity contribution in [1.29, 1.82) is 0 Å². The normalized spacial score (nSPS) is 10.7. The van der Waals surface area contributed by atoms with Crippen LogP contribution in [0.15, 0.2) is 65.8 Å². The zero-order valence-electron chi connectivity index (χ0n) is 16.1. The first kappa shape index (κ1) is 22.4. The summed E-state index contributed by atoms with van der Waals surface area (Å²) in [5.74, 6) is -2.25. The van der Waals surface area contributed by atoms with Crippen LogP contribution < -0.4 is 10.7 Å². The van der Waals surface area contributed by atoms with Gasteiger partial charge in [-0.1, -0.05) is 17.7 Å². The van der Waals surface area contributed by atoms with Gasteiger partial charge in [0.05, 0.1) is 11.1 Å². The first-order valence-electron chi connectivity index (χ1n) is 8.92. The van der Waals surface area contributed by atoms with E-state index in [1.54, 1.807) is 6.07 Å². The van der Waals surface area contributed by atoms with Crippen LogP contribution in [0.4, 0.5) is 15.8 Å². The molecule has 2 amide bonds. The van der Waals surface area contributed by atoms with Crippen molar-refractivity contribution in [2.45, 2.75) is 0 Å². The Kier molecular flexibility index (Phi) is 6.76. The van der Waals surface area contributed by atoms with Gasteiger partial charge in [-0.05, 0) is 48.5 Å². The standard InChI is InChI=1S/C21H14ClFN4O5/c22-15-8-14(19(28)18(10-15)27(31)32)11-24-26-21(30)13-2-1-3-17(9-13)25-20(29)12-4-6-16(23)7-5-12/h1-11,28H,(H,25,29)(H,26,30)/b24-11+. The fourth-order valence-electron chi connectivity index (χ4n) is 2.61. The SMILES string of the molecule is O=C(N/N=C/c1cc(Cl)cc([N+](=O)[O-])c1O)c1cccc(NC(=O)c2ccc(F)cc2)c1. The molecule has 0 unspecified atom stereocenters. The summed E-state index contributed by atoms with van der Waals surface area (Å²) in [6.45, 7) is 0. The summed E-state index contributed by atoms with van der Waals surface area (Å²) in [4.78, 5) is 34.7. The highest BCUT2D eigenvalue weighted by molar-refractivity contribution is 6.31. The van der Waals surface area contributed by atoms with Crippen molar-refractivity contribution in [3.8, 4) is 5.75 Å². The van der Waals surface area contributed by atoms with Crippen LogP contribution in [0.3, 0.4) is 0 Å². The molecule has 0 heterocycles. The summed E-state index contributed by atoms with van der Waals surface area (Å²) in [5.41, 5.74) is 2.26. The van der Waals surface area contributed by atoms with E-state index in [2.05, 4.69) is 15.8 Å². The van der Waals surface area contributed by atoms with Gasteiger partial charge in [0.15, 0.2) is 0 Å². The molecule has 32 heavy (non-hydrogen) atoms. The molecule has 0 atom stereocenters. The lowest BCUT2D eigenvalue weighted by Crippen LogP contribution is -2.18. The van der Waals surface area contributed by atoms with Crippen molar-refractivity contribution in [3.05, 3.63) is 98.3 Å². The average molecular weight is 457 g/mol. The molecule has 0 saturated heterocycles. The number of rotatable bonds is 6. The maximum Gasteiger partial charge on any atom is 0.312 e. The van der Waals surface area contributed by atoms with Gasteiger partial charge in [0.1, 0.15) is 5.82 Å². The Labute approximate surface area is 185 Å². The number of nitro groups is 1. The van der Waals surface area contributed by atoms with Gasteiger partial charge in [-0.25, -0.2) is 9.82 Å². The van der Waals surface area contributed by atoms with Gasteiger partial charge in [0.2, 0.25) is 5.75 Å². The van der Waals surface area contributed by atoms with Crippen molar-refractivity contribution < 1.29 is 24.0 Å². The smallest absolute Gasteiger partial charge is 0.312 e. The molecule has 0 spiro atoms. The number of nitro benzene ring substituents is 1. The number of hydrogen-bond acceptors (Lipinski definition) is 6. The van der Waals surface area contributed by atoms with Crippen LogP contribution in [0.5, 0.6) is 5.75 Å². The van der Waals surface area contributed by atoms with Gasteiger partial charge in [0.25, 0.3) is 11.8 Å². The summed E-state index contributed by atoms with van der Waals surface area (Å²) >= 11 is 5.80. The zero-order chi connectivity index (χ0) is 23.3. The largest absolute Gasteiger partial charge is 0.502 e. The summed E-state index contributed by atoms with van der Waals surface area (Å²) in [6, 6.07) is 13.1. The van der Waals surface area contributed by atoms with E-state index in [1.807, 2.05) is 0 Å². The second kappa shape index (κ2) is 9.67. The number of benzene rings is 3. The minimum atomic E-state index is -0.803. The van der Waals surface area contributed by atoms with E-state index >= 15 is 0 Å². The molecule has 3 aromatic carbocycles. The molecule has 0 aliphatic rings. The highest BCUT2D eigenvalue weighted by Gasteiger charge is 2.18. The molecule has 0 aliphatic heterocycles. The molecular formula is C21H14ClFN4O5. The molecule has 9 nitrogen and oxygen atoms in total. The minimum Gasteiger partial charge on any atom is -0.502 e. The number of phenols is 1. The fourth-order valence-corrected chi connectivity index (χ4v) is 2.83. The molecule has 0 aliphatic carbocycles. The molecule has 0 fully saturated rings. The summed E-state index contributed by atoms with van der Waals surface area (Å²) in [7, 11) is 0. The van der Waals surface area contributed by atoms with Crippen LogP contribution in [0.2, 0.25) is 5.02 Å². The molecule has 0 saturated carbocycles. The molecule has 0 bridgehead atoms. The Bertz CT molecular complexity index is 1230. The maximum absolute atomic E-state index is 13.0. The molecule has 0 aromatic heterocycles. The Morgan fingerprint density at radius 2 is 1.78 bits per heavy atom. The lowest BCUT2D eigenvalue weighted by Gasteiger charge is -2.07. The van der Waals surface area contributed by atoms with Gasteiger partial charge in [-0.2, -0.15) is 5.10 Å². The van der Waals surface area contributed by atoms with Gasteiger partial charge in [-0.15, -0.1) is 0 Å². The molecule has 3 rings (SSSR count). The van der Waals surface area contributed by atoms with Crippen LogP contribution in [0, 0.1) is 15.9 Å². The molecule has 3 N–H and O–H groups in total. The van der Waals surface area contributed by atoms with Gasteiger partial charge in [-0.3, -0.25) is 19.7 Å². The zero-order valence-corrected chi connectivity index (χ0v) is 16.8. The first-order chi connectivity index (χ1) is 15.2. The number of hydrogen-bond donors (Lipinski definition) is 3. The van der Waals surface area contributed by atoms with Gasteiger partial charge < -0.3 is 10.4 Å².